The maximum absolute atomic E-state index is 6.29. The summed E-state index contributed by atoms with van der Waals surface area (Å²) in [5, 5.41) is 1.07. The lowest BCUT2D eigenvalue weighted by molar-refractivity contribution is 0.0521. The summed E-state index contributed by atoms with van der Waals surface area (Å²) in [6, 6.07) is 4.47. The lowest BCUT2D eigenvalue weighted by Crippen LogP contribution is -2.53. The van der Waals surface area contributed by atoms with Gasteiger partial charge in [0.25, 0.3) is 0 Å². The highest BCUT2D eigenvalue weighted by atomic mass is 35.5. The minimum absolute atomic E-state index is 0.125. The molecule has 124 valence electrons. The van der Waals surface area contributed by atoms with E-state index in [0.29, 0.717) is 28.4 Å². The molecule has 2 rings (SSSR count). The van der Waals surface area contributed by atoms with Gasteiger partial charge in [-0.2, -0.15) is 0 Å². The minimum atomic E-state index is 0.125. The lowest BCUT2D eigenvalue weighted by atomic mass is 10.00. The number of likely N-dealkylation sites (N-methyl/N-ethyl adjacent to an activating group) is 1. The first kappa shape index (κ1) is 17.8. The van der Waals surface area contributed by atoms with Gasteiger partial charge in [0.05, 0.1) is 17.2 Å². The van der Waals surface area contributed by atoms with Gasteiger partial charge in [0.1, 0.15) is 0 Å². The van der Waals surface area contributed by atoms with Crippen LogP contribution in [0.2, 0.25) is 10.0 Å². The van der Waals surface area contributed by atoms with E-state index >= 15 is 0 Å². The SMILES string of the molecule is CCC1CN(C)CCN1C(CN)c1cc(Cl)c(OC)c(Cl)c1. The summed E-state index contributed by atoms with van der Waals surface area (Å²) < 4.78 is 5.23. The number of methoxy groups -OCH3 is 1. The summed E-state index contributed by atoms with van der Waals surface area (Å²) in [7, 11) is 3.74. The van der Waals surface area contributed by atoms with Crippen LogP contribution < -0.4 is 10.5 Å². The first-order valence-corrected chi connectivity index (χ1v) is 8.44. The second kappa shape index (κ2) is 7.84. The summed E-state index contributed by atoms with van der Waals surface area (Å²) in [6.45, 7) is 5.87. The molecular weight excluding hydrogens is 321 g/mol. The molecule has 1 aliphatic heterocycles. The molecule has 4 nitrogen and oxygen atoms in total. The fourth-order valence-corrected chi connectivity index (χ4v) is 3.89. The molecule has 2 N–H and O–H groups in total. The molecule has 1 saturated heterocycles. The normalized spacial score (nSPS) is 21.8. The van der Waals surface area contributed by atoms with E-state index < -0.39 is 0 Å². The molecule has 0 bridgehead atoms. The van der Waals surface area contributed by atoms with E-state index in [9.17, 15) is 0 Å². The number of hydrogen-bond acceptors (Lipinski definition) is 4. The third kappa shape index (κ3) is 3.69. The summed E-state index contributed by atoms with van der Waals surface area (Å²) in [5.74, 6) is 0.522. The van der Waals surface area contributed by atoms with Gasteiger partial charge in [-0.15, -0.1) is 0 Å². The van der Waals surface area contributed by atoms with Gasteiger partial charge in [0.2, 0.25) is 0 Å². The molecule has 1 aliphatic rings. The molecule has 6 heteroatoms. The van der Waals surface area contributed by atoms with Gasteiger partial charge in [-0.25, -0.2) is 0 Å². The molecule has 0 radical (unpaired) electrons. The lowest BCUT2D eigenvalue weighted by Gasteiger charge is -2.44. The van der Waals surface area contributed by atoms with Crippen LogP contribution in [0.3, 0.4) is 0 Å². The van der Waals surface area contributed by atoms with Crippen molar-refractivity contribution in [1.29, 1.82) is 0 Å². The highest BCUT2D eigenvalue weighted by Gasteiger charge is 2.30. The maximum atomic E-state index is 6.29. The van der Waals surface area contributed by atoms with Crippen LogP contribution in [0.5, 0.6) is 5.75 Å². The Morgan fingerprint density at radius 1 is 1.32 bits per heavy atom. The van der Waals surface area contributed by atoms with Crippen LogP contribution in [-0.2, 0) is 0 Å². The van der Waals surface area contributed by atoms with Gasteiger partial charge in [0.15, 0.2) is 5.75 Å². The second-order valence-corrected chi connectivity index (χ2v) is 6.65. The summed E-state index contributed by atoms with van der Waals surface area (Å²) in [5.41, 5.74) is 7.14. The average Bonchev–Trinajstić information content (AvgIpc) is 2.49. The predicted molar refractivity (Wildman–Crippen MR) is 93.1 cm³/mol. The van der Waals surface area contributed by atoms with Gasteiger partial charge in [-0.1, -0.05) is 30.1 Å². The zero-order valence-corrected chi connectivity index (χ0v) is 15.0. The molecule has 1 heterocycles. The molecule has 22 heavy (non-hydrogen) atoms. The van der Waals surface area contributed by atoms with E-state index in [-0.39, 0.29) is 6.04 Å². The maximum Gasteiger partial charge on any atom is 0.156 e. The Morgan fingerprint density at radius 2 is 1.95 bits per heavy atom. The molecule has 0 saturated carbocycles. The summed E-state index contributed by atoms with van der Waals surface area (Å²) in [6.07, 6.45) is 1.10. The van der Waals surface area contributed by atoms with Crippen molar-refractivity contribution < 1.29 is 4.74 Å². The van der Waals surface area contributed by atoms with Gasteiger partial charge >= 0.3 is 0 Å². The Labute approximate surface area is 143 Å². The zero-order valence-electron chi connectivity index (χ0n) is 13.5. The summed E-state index contributed by atoms with van der Waals surface area (Å²) >= 11 is 12.6. The molecule has 0 aliphatic carbocycles. The fraction of sp³-hybridized carbons (Fsp3) is 0.625. The molecule has 2 atom stereocenters. The quantitative estimate of drug-likeness (QED) is 0.890. The van der Waals surface area contributed by atoms with Crippen LogP contribution in [0.1, 0.15) is 24.9 Å². The van der Waals surface area contributed by atoms with E-state index in [4.69, 9.17) is 33.7 Å². The van der Waals surface area contributed by atoms with Crippen LogP contribution in [0.4, 0.5) is 0 Å². The predicted octanol–water partition coefficient (Wildman–Crippen LogP) is 3.03. The highest BCUT2D eigenvalue weighted by Crippen LogP contribution is 2.37. The Hall–Kier alpha value is -0.520. The van der Waals surface area contributed by atoms with E-state index in [0.717, 1.165) is 31.6 Å². The van der Waals surface area contributed by atoms with Crippen molar-refractivity contribution in [3.8, 4) is 5.75 Å². The summed E-state index contributed by atoms with van der Waals surface area (Å²) in [4.78, 5) is 4.85. The zero-order chi connectivity index (χ0) is 16.3. The van der Waals surface area contributed by atoms with Crippen LogP contribution in [0, 0.1) is 0 Å². The largest absolute Gasteiger partial charge is 0.494 e. The number of nitrogens with zero attached hydrogens (tertiary/aromatic N) is 2. The third-order valence-electron chi connectivity index (χ3n) is 4.44. The smallest absolute Gasteiger partial charge is 0.156 e. The van der Waals surface area contributed by atoms with Crippen molar-refractivity contribution in [2.45, 2.75) is 25.4 Å². The number of halogens is 2. The van der Waals surface area contributed by atoms with Gasteiger partial charge < -0.3 is 15.4 Å². The topological polar surface area (TPSA) is 41.7 Å². The Balaban J connectivity index is 2.31. The monoisotopic (exact) mass is 345 g/mol. The second-order valence-electron chi connectivity index (χ2n) is 5.83. The Bertz CT molecular complexity index is 489. The standard InChI is InChI=1S/C16H25Cl2N3O/c1-4-12-10-20(2)5-6-21(12)15(9-19)11-7-13(17)16(22-3)14(18)8-11/h7-8,12,15H,4-6,9-10,19H2,1-3H3. The van der Waals surface area contributed by atoms with Gasteiger partial charge in [-0.3, -0.25) is 4.90 Å². The molecule has 1 fully saturated rings. The van der Waals surface area contributed by atoms with Crippen molar-refractivity contribution in [1.82, 2.24) is 9.80 Å². The number of rotatable bonds is 5. The number of piperazine rings is 1. The van der Waals surface area contributed by atoms with Crippen LogP contribution in [0.25, 0.3) is 0 Å². The minimum Gasteiger partial charge on any atom is -0.494 e. The third-order valence-corrected chi connectivity index (χ3v) is 5.00. The highest BCUT2D eigenvalue weighted by molar-refractivity contribution is 6.37. The van der Waals surface area contributed by atoms with Crippen molar-refractivity contribution in [3.05, 3.63) is 27.7 Å². The van der Waals surface area contributed by atoms with E-state index in [1.165, 1.54) is 0 Å². The van der Waals surface area contributed by atoms with Crippen LogP contribution >= 0.6 is 23.2 Å². The van der Waals surface area contributed by atoms with Crippen LogP contribution in [0.15, 0.2) is 12.1 Å². The fourth-order valence-electron chi connectivity index (χ4n) is 3.23. The molecular formula is C16H25Cl2N3O. The van der Waals surface area contributed by atoms with Gasteiger partial charge in [-0.05, 0) is 31.2 Å². The number of ether oxygens (including phenoxy) is 1. The van der Waals surface area contributed by atoms with E-state index in [1.807, 2.05) is 12.1 Å². The number of hydrogen-bond donors (Lipinski definition) is 1. The van der Waals surface area contributed by atoms with E-state index in [1.54, 1.807) is 7.11 Å². The van der Waals surface area contributed by atoms with Crippen molar-refractivity contribution in [3.63, 3.8) is 0 Å². The van der Waals surface area contributed by atoms with Crippen LogP contribution in [-0.4, -0.2) is 56.2 Å². The van der Waals surface area contributed by atoms with Crippen molar-refractivity contribution in [2.75, 3.05) is 40.3 Å². The number of nitrogens with two attached hydrogens (primary N) is 1. The molecule has 0 amide bonds. The Kier molecular flexibility index (Phi) is 6.36. The molecule has 1 aromatic carbocycles. The average molecular weight is 346 g/mol. The molecule has 2 unspecified atom stereocenters. The molecule has 0 spiro atoms. The molecule has 1 aromatic rings. The first-order chi connectivity index (χ1) is 10.5. The Morgan fingerprint density at radius 3 is 2.45 bits per heavy atom. The number of benzene rings is 1. The molecule has 0 aromatic heterocycles. The van der Waals surface area contributed by atoms with Crippen molar-refractivity contribution >= 4 is 23.2 Å². The first-order valence-electron chi connectivity index (χ1n) is 7.69. The van der Waals surface area contributed by atoms with Crippen molar-refractivity contribution in [2.24, 2.45) is 5.73 Å². The van der Waals surface area contributed by atoms with E-state index in [2.05, 4.69) is 23.8 Å². The van der Waals surface area contributed by atoms with Gasteiger partial charge in [0, 0.05) is 38.3 Å².